The lowest BCUT2D eigenvalue weighted by Gasteiger charge is -2.41. The summed E-state index contributed by atoms with van der Waals surface area (Å²) >= 11 is 0. The maximum Gasteiger partial charge on any atom is 0.472 e. The monoisotopic (exact) mass is 967 g/mol. The van der Waals surface area contributed by atoms with Gasteiger partial charge in [0.25, 0.3) is 0 Å². The SMILES string of the molecule is CC/C=C\C/C=C\C/C=C\C/C=C\CCCCCCC(=O)OC(COC(=O)CCCCCCCCCCC/C=C\C/C=C\CCCCCCC)COP(=O)(O)OC1C(O)C(O)C(O)C(O)C1O. The highest BCUT2D eigenvalue weighted by atomic mass is 31.2. The molecule has 6 N–H and O–H groups in total. The van der Waals surface area contributed by atoms with E-state index in [2.05, 4.69) is 86.8 Å². The topological polar surface area (TPSA) is 210 Å². The largest absolute Gasteiger partial charge is 0.472 e. The van der Waals surface area contributed by atoms with E-state index in [-0.39, 0.29) is 12.8 Å². The molecular weight excluding hydrogens is 876 g/mol. The van der Waals surface area contributed by atoms with Crippen molar-refractivity contribution in [2.75, 3.05) is 13.2 Å². The highest BCUT2D eigenvalue weighted by molar-refractivity contribution is 7.47. The zero-order valence-corrected chi connectivity index (χ0v) is 42.1. The molecule has 0 radical (unpaired) electrons. The number of hydrogen-bond donors (Lipinski definition) is 6. The summed E-state index contributed by atoms with van der Waals surface area (Å²) in [6.07, 6.45) is 40.9. The second-order valence-electron chi connectivity index (χ2n) is 17.6. The Morgan fingerprint density at radius 1 is 0.478 bits per heavy atom. The molecule has 386 valence electrons. The van der Waals surface area contributed by atoms with Crippen LogP contribution < -0.4 is 0 Å². The first-order valence-corrected chi connectivity index (χ1v) is 27.2. The Morgan fingerprint density at radius 3 is 1.30 bits per heavy atom. The van der Waals surface area contributed by atoms with Gasteiger partial charge in [-0.3, -0.25) is 18.6 Å². The molecule has 13 nitrogen and oxygen atoms in total. The molecule has 0 aromatic carbocycles. The number of phosphoric acid groups is 1. The van der Waals surface area contributed by atoms with Crippen LogP contribution in [0.3, 0.4) is 0 Å². The zero-order valence-electron chi connectivity index (χ0n) is 41.2. The van der Waals surface area contributed by atoms with Crippen LogP contribution in [-0.4, -0.2) is 98.3 Å². The van der Waals surface area contributed by atoms with E-state index in [4.69, 9.17) is 18.5 Å². The molecule has 6 unspecified atom stereocenters. The third-order valence-electron chi connectivity index (χ3n) is 11.5. The summed E-state index contributed by atoms with van der Waals surface area (Å²) in [5.41, 5.74) is 0. The number of esters is 2. The summed E-state index contributed by atoms with van der Waals surface area (Å²) in [6.45, 7) is 3.16. The minimum absolute atomic E-state index is 0.0645. The molecule has 67 heavy (non-hydrogen) atoms. The average molecular weight is 967 g/mol. The molecule has 0 saturated heterocycles. The zero-order chi connectivity index (χ0) is 49.2. The van der Waals surface area contributed by atoms with Crippen molar-refractivity contribution in [2.24, 2.45) is 0 Å². The molecule has 0 spiro atoms. The van der Waals surface area contributed by atoms with Gasteiger partial charge in [0, 0.05) is 12.8 Å². The van der Waals surface area contributed by atoms with Crippen LogP contribution in [0.4, 0.5) is 0 Å². The summed E-state index contributed by atoms with van der Waals surface area (Å²) in [5, 5.41) is 50.3. The van der Waals surface area contributed by atoms with Gasteiger partial charge < -0.3 is 39.9 Å². The summed E-state index contributed by atoms with van der Waals surface area (Å²) in [6, 6.07) is 0. The van der Waals surface area contributed by atoms with Crippen molar-refractivity contribution >= 4 is 19.8 Å². The smallest absolute Gasteiger partial charge is 0.462 e. The lowest BCUT2D eigenvalue weighted by Crippen LogP contribution is -2.64. The first-order valence-electron chi connectivity index (χ1n) is 25.7. The van der Waals surface area contributed by atoms with Gasteiger partial charge >= 0.3 is 19.8 Å². The number of ether oxygens (including phenoxy) is 2. The van der Waals surface area contributed by atoms with Crippen molar-refractivity contribution in [2.45, 2.75) is 236 Å². The highest BCUT2D eigenvalue weighted by Crippen LogP contribution is 2.47. The lowest BCUT2D eigenvalue weighted by atomic mass is 9.85. The Balaban J connectivity index is 2.41. The van der Waals surface area contributed by atoms with Crippen LogP contribution in [0.2, 0.25) is 0 Å². The van der Waals surface area contributed by atoms with Gasteiger partial charge in [-0.15, -0.1) is 0 Å². The van der Waals surface area contributed by atoms with Gasteiger partial charge in [-0.25, -0.2) is 4.57 Å². The molecule has 1 aliphatic carbocycles. The number of aliphatic hydroxyl groups is 5. The molecule has 6 atom stereocenters. The van der Waals surface area contributed by atoms with Crippen molar-refractivity contribution in [3.63, 3.8) is 0 Å². The van der Waals surface area contributed by atoms with Crippen molar-refractivity contribution < 1.29 is 63.1 Å². The van der Waals surface area contributed by atoms with Crippen molar-refractivity contribution in [3.8, 4) is 0 Å². The van der Waals surface area contributed by atoms with E-state index in [0.717, 1.165) is 89.9 Å². The number of aliphatic hydroxyl groups excluding tert-OH is 5. The van der Waals surface area contributed by atoms with Gasteiger partial charge in [0.05, 0.1) is 6.61 Å². The second-order valence-corrected chi connectivity index (χ2v) is 19.0. The molecule has 0 heterocycles. The van der Waals surface area contributed by atoms with Gasteiger partial charge in [-0.1, -0.05) is 170 Å². The fraction of sp³-hybridized carbons (Fsp3) is 0.736. The fourth-order valence-corrected chi connectivity index (χ4v) is 8.40. The van der Waals surface area contributed by atoms with E-state index in [1.54, 1.807) is 0 Å². The number of carbonyl (C=O) groups excluding carboxylic acids is 2. The molecule has 0 aromatic heterocycles. The van der Waals surface area contributed by atoms with Crippen LogP contribution >= 0.6 is 7.82 Å². The number of rotatable bonds is 42. The molecule has 14 heteroatoms. The highest BCUT2D eigenvalue weighted by Gasteiger charge is 2.51. The Bertz CT molecular complexity index is 1440. The van der Waals surface area contributed by atoms with E-state index in [0.29, 0.717) is 12.8 Å². The molecule has 0 bridgehead atoms. The average Bonchev–Trinajstić information content (AvgIpc) is 3.31. The van der Waals surface area contributed by atoms with Crippen molar-refractivity contribution in [1.29, 1.82) is 0 Å². The molecule has 1 fully saturated rings. The third-order valence-corrected chi connectivity index (χ3v) is 12.5. The number of carbonyl (C=O) groups is 2. The molecule has 1 aliphatic rings. The summed E-state index contributed by atoms with van der Waals surface area (Å²) in [4.78, 5) is 35.8. The number of allylic oxidation sites excluding steroid dienone is 12. The molecule has 0 aliphatic heterocycles. The number of unbranched alkanes of at least 4 members (excludes halogenated alkanes) is 18. The summed E-state index contributed by atoms with van der Waals surface area (Å²) < 4.78 is 33.6. The molecule has 1 rings (SSSR count). The van der Waals surface area contributed by atoms with Gasteiger partial charge in [0.2, 0.25) is 0 Å². The van der Waals surface area contributed by atoms with E-state index in [1.165, 1.54) is 64.2 Å². The van der Waals surface area contributed by atoms with Crippen LogP contribution in [0.15, 0.2) is 72.9 Å². The minimum Gasteiger partial charge on any atom is -0.462 e. The van der Waals surface area contributed by atoms with Gasteiger partial charge in [0.15, 0.2) is 6.10 Å². The predicted octanol–water partition coefficient (Wildman–Crippen LogP) is 11.1. The molecule has 0 amide bonds. The van der Waals surface area contributed by atoms with Crippen molar-refractivity contribution in [1.82, 2.24) is 0 Å². The van der Waals surface area contributed by atoms with Crippen LogP contribution in [0.25, 0.3) is 0 Å². The first-order chi connectivity index (χ1) is 32.4. The molecule has 1 saturated carbocycles. The van der Waals surface area contributed by atoms with Gasteiger partial charge in [0.1, 0.15) is 43.2 Å². The van der Waals surface area contributed by atoms with E-state index in [9.17, 15) is 44.6 Å². The lowest BCUT2D eigenvalue weighted by molar-refractivity contribution is -0.220. The molecule has 0 aromatic rings. The van der Waals surface area contributed by atoms with E-state index >= 15 is 0 Å². The van der Waals surface area contributed by atoms with Crippen LogP contribution in [0.5, 0.6) is 0 Å². The molecular formula is C53H91O13P. The van der Waals surface area contributed by atoms with Crippen molar-refractivity contribution in [3.05, 3.63) is 72.9 Å². The van der Waals surface area contributed by atoms with Crippen LogP contribution in [0.1, 0.15) is 194 Å². The van der Waals surface area contributed by atoms with E-state index in [1.807, 2.05) is 0 Å². The Morgan fingerprint density at radius 2 is 0.851 bits per heavy atom. The van der Waals surface area contributed by atoms with Crippen LogP contribution in [0, 0.1) is 0 Å². The number of hydrogen-bond acceptors (Lipinski definition) is 12. The predicted molar refractivity (Wildman–Crippen MR) is 267 cm³/mol. The fourth-order valence-electron chi connectivity index (χ4n) is 7.43. The third kappa shape index (κ3) is 34.3. The summed E-state index contributed by atoms with van der Waals surface area (Å²) in [5.74, 6) is -1.13. The quantitative estimate of drug-likeness (QED) is 0.0146. The Labute approximate surface area is 404 Å². The van der Waals surface area contributed by atoms with E-state index < -0.39 is 75.7 Å². The van der Waals surface area contributed by atoms with Gasteiger partial charge in [-0.2, -0.15) is 0 Å². The summed E-state index contributed by atoms with van der Waals surface area (Å²) in [7, 11) is -5.13. The second kappa shape index (κ2) is 42.2. The first kappa shape index (κ1) is 62.3. The maximum atomic E-state index is 12.9. The Hall–Kier alpha value is -2.71. The number of phosphoric ester groups is 1. The maximum absolute atomic E-state index is 12.9. The normalized spacial score (nSPS) is 21.7. The minimum atomic E-state index is -5.13. The van der Waals surface area contributed by atoms with Crippen LogP contribution in [-0.2, 0) is 32.7 Å². The standard InChI is InChI=1S/C53H91O13P/c1-3-5-7-9-11-13-15-17-19-21-22-23-24-26-27-29-31-33-35-37-39-41-46(54)63-43-45(44-64-67(61,62)66-53-51(59)49(57)48(56)50(58)52(53)60)65-47(55)42-40-38-36-34-32-30-28-25-20-18-16-14-12-10-8-6-4-2/h6,8,12,14-15,17-18,20-22,28,30,45,48-53,56-60H,3-5,7,9-11,13,16,19,23-27,29,31-44H2,1-2H3,(H,61,62)/b8-6-,14-12-,17-15-,20-18-,22-21-,30-28-. The van der Waals surface area contributed by atoms with Gasteiger partial charge in [-0.05, 0) is 83.5 Å². The Kier molecular flexibility index (Phi) is 39.2.